The number of benzene rings is 1. The number of aromatic nitrogens is 2. The lowest BCUT2D eigenvalue weighted by Gasteiger charge is -2.36. The lowest BCUT2D eigenvalue weighted by molar-refractivity contribution is 0.0734. The molecule has 0 N–H and O–H groups in total. The first kappa shape index (κ1) is 15.5. The van der Waals surface area contributed by atoms with Gasteiger partial charge in [0.1, 0.15) is 11.5 Å². The molecule has 3 rings (SSSR count). The van der Waals surface area contributed by atoms with Crippen molar-refractivity contribution in [2.24, 2.45) is 0 Å². The van der Waals surface area contributed by atoms with Gasteiger partial charge in [-0.15, -0.1) is 0 Å². The minimum atomic E-state index is -0.215. The number of carbonyl (C=O) groups is 1. The summed E-state index contributed by atoms with van der Waals surface area (Å²) in [5, 5.41) is 4.21. The van der Waals surface area contributed by atoms with Crippen molar-refractivity contribution in [2.75, 3.05) is 31.1 Å². The van der Waals surface area contributed by atoms with E-state index in [1.165, 1.54) is 6.07 Å². The van der Waals surface area contributed by atoms with Gasteiger partial charge in [0.2, 0.25) is 0 Å². The Kier molecular flexibility index (Phi) is 4.60. The second kappa shape index (κ2) is 6.81. The molecule has 1 amide bonds. The molecule has 1 aromatic carbocycles. The molecule has 1 aromatic heterocycles. The molecular formula is C17H21FN4O. The third-order valence-electron chi connectivity index (χ3n) is 4.13. The number of hydrogen-bond donors (Lipinski definition) is 0. The van der Waals surface area contributed by atoms with Crippen molar-refractivity contribution in [1.29, 1.82) is 0 Å². The summed E-state index contributed by atoms with van der Waals surface area (Å²) in [5.41, 5.74) is 1.24. The van der Waals surface area contributed by atoms with Crippen LogP contribution in [0.4, 0.5) is 10.1 Å². The number of anilines is 1. The van der Waals surface area contributed by atoms with Crippen LogP contribution in [0.25, 0.3) is 0 Å². The molecule has 23 heavy (non-hydrogen) atoms. The molecule has 1 saturated heterocycles. The Labute approximate surface area is 135 Å². The molecule has 0 bridgehead atoms. The van der Waals surface area contributed by atoms with Crippen molar-refractivity contribution in [2.45, 2.75) is 19.9 Å². The van der Waals surface area contributed by atoms with Crippen molar-refractivity contribution < 1.29 is 9.18 Å². The van der Waals surface area contributed by atoms with E-state index in [9.17, 15) is 9.18 Å². The van der Waals surface area contributed by atoms with Gasteiger partial charge in [0.05, 0.1) is 5.69 Å². The highest BCUT2D eigenvalue weighted by atomic mass is 19.1. The molecule has 1 aliphatic rings. The van der Waals surface area contributed by atoms with Crippen LogP contribution in [0.1, 0.15) is 23.8 Å². The normalized spacial score (nSPS) is 15.0. The van der Waals surface area contributed by atoms with Crippen LogP contribution in [0.15, 0.2) is 36.5 Å². The lowest BCUT2D eigenvalue weighted by atomic mass is 10.2. The smallest absolute Gasteiger partial charge is 0.272 e. The largest absolute Gasteiger partial charge is 0.366 e. The monoisotopic (exact) mass is 316 g/mol. The van der Waals surface area contributed by atoms with Crippen molar-refractivity contribution in [3.05, 3.63) is 48.0 Å². The number of rotatable bonds is 4. The standard InChI is InChI=1S/C17H21FN4O/c1-2-9-22-16(7-8-19-22)17(23)21-12-10-20(11-13-21)15-6-4-3-5-14(15)18/h3-8H,2,9-13H2,1H3. The summed E-state index contributed by atoms with van der Waals surface area (Å²) in [7, 11) is 0. The first-order valence-corrected chi connectivity index (χ1v) is 8.01. The fourth-order valence-electron chi connectivity index (χ4n) is 2.92. The first-order chi connectivity index (χ1) is 11.2. The molecule has 0 atom stereocenters. The van der Waals surface area contributed by atoms with E-state index in [1.807, 2.05) is 15.9 Å². The number of halogens is 1. The van der Waals surface area contributed by atoms with E-state index < -0.39 is 0 Å². The Bertz CT molecular complexity index is 677. The summed E-state index contributed by atoms with van der Waals surface area (Å²) < 4.78 is 15.6. The molecule has 0 spiro atoms. The molecule has 0 radical (unpaired) electrons. The van der Waals surface area contributed by atoms with Crippen LogP contribution in [0, 0.1) is 5.82 Å². The predicted molar refractivity (Wildman–Crippen MR) is 87.0 cm³/mol. The number of aryl methyl sites for hydroxylation is 1. The minimum Gasteiger partial charge on any atom is -0.366 e. The topological polar surface area (TPSA) is 41.4 Å². The maximum absolute atomic E-state index is 13.9. The van der Waals surface area contributed by atoms with E-state index >= 15 is 0 Å². The summed E-state index contributed by atoms with van der Waals surface area (Å²) in [6.45, 7) is 5.24. The van der Waals surface area contributed by atoms with Gasteiger partial charge in [0.15, 0.2) is 0 Å². The SMILES string of the molecule is CCCn1nccc1C(=O)N1CCN(c2ccccc2F)CC1. The number of hydrogen-bond acceptors (Lipinski definition) is 3. The van der Waals surface area contributed by atoms with E-state index in [2.05, 4.69) is 12.0 Å². The highest BCUT2D eigenvalue weighted by molar-refractivity contribution is 5.92. The van der Waals surface area contributed by atoms with Crippen LogP contribution >= 0.6 is 0 Å². The fourth-order valence-corrected chi connectivity index (χ4v) is 2.92. The molecule has 1 aliphatic heterocycles. The molecule has 0 aliphatic carbocycles. The van der Waals surface area contributed by atoms with Crippen LogP contribution in [-0.4, -0.2) is 46.8 Å². The van der Waals surface area contributed by atoms with Crippen LogP contribution < -0.4 is 4.90 Å². The predicted octanol–water partition coefficient (Wildman–Crippen LogP) is 2.39. The average molecular weight is 316 g/mol. The zero-order valence-corrected chi connectivity index (χ0v) is 13.3. The van der Waals surface area contributed by atoms with E-state index in [0.717, 1.165) is 13.0 Å². The van der Waals surface area contributed by atoms with E-state index in [0.29, 0.717) is 37.6 Å². The van der Waals surface area contributed by atoms with E-state index in [4.69, 9.17) is 0 Å². The maximum atomic E-state index is 13.9. The van der Waals surface area contributed by atoms with Crippen molar-refractivity contribution >= 4 is 11.6 Å². The quantitative estimate of drug-likeness (QED) is 0.870. The number of piperazine rings is 1. The van der Waals surface area contributed by atoms with Gasteiger partial charge in [-0.2, -0.15) is 5.10 Å². The van der Waals surface area contributed by atoms with Gasteiger partial charge in [0.25, 0.3) is 5.91 Å². The maximum Gasteiger partial charge on any atom is 0.272 e. The molecule has 0 unspecified atom stereocenters. The number of para-hydroxylation sites is 1. The third-order valence-corrected chi connectivity index (χ3v) is 4.13. The van der Waals surface area contributed by atoms with Crippen molar-refractivity contribution in [3.8, 4) is 0 Å². The zero-order chi connectivity index (χ0) is 16.2. The Hall–Kier alpha value is -2.37. The molecule has 1 fully saturated rings. The lowest BCUT2D eigenvalue weighted by Crippen LogP contribution is -2.49. The second-order valence-electron chi connectivity index (χ2n) is 5.67. The summed E-state index contributed by atoms with van der Waals surface area (Å²) >= 11 is 0. The van der Waals surface area contributed by atoms with Gasteiger partial charge in [-0.1, -0.05) is 19.1 Å². The fraction of sp³-hybridized carbons (Fsp3) is 0.412. The third kappa shape index (κ3) is 3.21. The summed E-state index contributed by atoms with van der Waals surface area (Å²) in [5.74, 6) is -0.211. The molecule has 2 heterocycles. The van der Waals surface area contributed by atoms with Crippen LogP contribution in [0.2, 0.25) is 0 Å². The number of carbonyl (C=O) groups excluding carboxylic acids is 1. The molecule has 0 saturated carbocycles. The van der Waals surface area contributed by atoms with Crippen LogP contribution in [0.3, 0.4) is 0 Å². The van der Waals surface area contributed by atoms with Crippen LogP contribution in [0.5, 0.6) is 0 Å². The van der Waals surface area contributed by atoms with E-state index in [-0.39, 0.29) is 11.7 Å². The Morgan fingerprint density at radius 2 is 1.91 bits per heavy atom. The Morgan fingerprint density at radius 3 is 2.61 bits per heavy atom. The molecule has 122 valence electrons. The Morgan fingerprint density at radius 1 is 1.17 bits per heavy atom. The number of amides is 1. The highest BCUT2D eigenvalue weighted by Crippen LogP contribution is 2.20. The first-order valence-electron chi connectivity index (χ1n) is 8.01. The van der Waals surface area contributed by atoms with Gasteiger partial charge >= 0.3 is 0 Å². The minimum absolute atomic E-state index is 0.00383. The summed E-state index contributed by atoms with van der Waals surface area (Å²) in [4.78, 5) is 16.4. The summed E-state index contributed by atoms with van der Waals surface area (Å²) in [6.07, 6.45) is 2.60. The average Bonchev–Trinajstić information content (AvgIpc) is 3.03. The second-order valence-corrected chi connectivity index (χ2v) is 5.67. The van der Waals surface area contributed by atoms with Crippen molar-refractivity contribution in [3.63, 3.8) is 0 Å². The van der Waals surface area contributed by atoms with Gasteiger partial charge < -0.3 is 9.80 Å². The van der Waals surface area contributed by atoms with Gasteiger partial charge in [0, 0.05) is 38.9 Å². The molecule has 6 heteroatoms. The van der Waals surface area contributed by atoms with Crippen molar-refractivity contribution in [1.82, 2.24) is 14.7 Å². The van der Waals surface area contributed by atoms with Gasteiger partial charge in [-0.05, 0) is 24.6 Å². The Balaban J connectivity index is 1.66. The highest BCUT2D eigenvalue weighted by Gasteiger charge is 2.25. The molecule has 5 nitrogen and oxygen atoms in total. The van der Waals surface area contributed by atoms with E-state index in [1.54, 1.807) is 29.1 Å². The molecular weight excluding hydrogens is 295 g/mol. The van der Waals surface area contributed by atoms with Crippen LogP contribution in [-0.2, 0) is 6.54 Å². The summed E-state index contributed by atoms with van der Waals surface area (Å²) in [6, 6.07) is 8.53. The zero-order valence-electron chi connectivity index (χ0n) is 13.3. The number of nitrogens with zero attached hydrogens (tertiary/aromatic N) is 4. The molecule has 2 aromatic rings. The van der Waals surface area contributed by atoms with Gasteiger partial charge in [-0.25, -0.2) is 4.39 Å². The van der Waals surface area contributed by atoms with Gasteiger partial charge in [-0.3, -0.25) is 9.48 Å².